The van der Waals surface area contributed by atoms with Crippen molar-refractivity contribution in [1.82, 2.24) is 5.32 Å². The van der Waals surface area contributed by atoms with Crippen molar-refractivity contribution in [3.63, 3.8) is 0 Å². The van der Waals surface area contributed by atoms with Gasteiger partial charge in [0.25, 0.3) is 0 Å². The third-order valence-electron chi connectivity index (χ3n) is 2.55. The molecule has 0 aliphatic rings. The molecule has 0 spiro atoms. The summed E-state index contributed by atoms with van der Waals surface area (Å²) in [5, 5.41) is 3.51. The Labute approximate surface area is 95.1 Å². The zero-order valence-corrected chi connectivity index (χ0v) is 10.6. The summed E-state index contributed by atoms with van der Waals surface area (Å²) in [5.74, 6) is 0. The van der Waals surface area contributed by atoms with Crippen LogP contribution in [0.1, 0.15) is 46.5 Å². The predicted molar refractivity (Wildman–Crippen MR) is 67.2 cm³/mol. The second-order valence-corrected chi connectivity index (χ2v) is 3.81. The summed E-state index contributed by atoms with van der Waals surface area (Å²) in [4.78, 5) is 0. The number of nitrogens with one attached hydrogen (secondary N) is 1. The van der Waals surface area contributed by atoms with E-state index in [1.807, 2.05) is 6.08 Å². The number of rotatable bonds is 10. The fourth-order valence-electron chi connectivity index (χ4n) is 1.88. The summed E-state index contributed by atoms with van der Waals surface area (Å²) in [6.07, 6.45) is 6.86. The van der Waals surface area contributed by atoms with Crippen LogP contribution in [-0.2, 0) is 4.74 Å². The Morgan fingerprint density at radius 3 is 2.47 bits per heavy atom. The minimum absolute atomic E-state index is 0.361. The molecule has 0 aromatic rings. The number of likely N-dealkylation sites (N-methyl/N-ethyl adjacent to an activating group) is 1. The molecule has 0 saturated carbocycles. The van der Waals surface area contributed by atoms with E-state index in [2.05, 4.69) is 32.7 Å². The Morgan fingerprint density at radius 1 is 1.27 bits per heavy atom. The van der Waals surface area contributed by atoms with E-state index in [9.17, 15) is 0 Å². The number of hydrogen-bond donors (Lipinski definition) is 1. The van der Waals surface area contributed by atoms with Gasteiger partial charge in [0.05, 0.1) is 6.10 Å². The summed E-state index contributed by atoms with van der Waals surface area (Å²) >= 11 is 0. The first-order chi connectivity index (χ1) is 7.29. The van der Waals surface area contributed by atoms with E-state index in [4.69, 9.17) is 4.74 Å². The summed E-state index contributed by atoms with van der Waals surface area (Å²) in [5.41, 5.74) is 0. The summed E-state index contributed by atoms with van der Waals surface area (Å²) in [6, 6.07) is 0.480. The highest BCUT2D eigenvalue weighted by molar-refractivity contribution is 4.80. The van der Waals surface area contributed by atoms with Gasteiger partial charge in [0.2, 0.25) is 0 Å². The highest BCUT2D eigenvalue weighted by Gasteiger charge is 2.19. The smallest absolute Gasteiger partial charge is 0.0727 e. The molecule has 0 aliphatic carbocycles. The summed E-state index contributed by atoms with van der Waals surface area (Å²) < 4.78 is 5.80. The van der Waals surface area contributed by atoms with Crippen molar-refractivity contribution in [2.45, 2.75) is 58.6 Å². The normalized spacial score (nSPS) is 14.9. The molecule has 0 amide bonds. The van der Waals surface area contributed by atoms with Crippen LogP contribution in [0.15, 0.2) is 12.7 Å². The van der Waals surface area contributed by atoms with Crippen molar-refractivity contribution in [1.29, 1.82) is 0 Å². The standard InChI is InChI=1S/C13H27NO/c1-5-9-11-12(14-7-3)13(10-6-2)15-8-4/h5,12-14H,1,6-11H2,2-4H3. The molecular formula is C13H27NO. The van der Waals surface area contributed by atoms with Gasteiger partial charge in [-0.2, -0.15) is 0 Å². The van der Waals surface area contributed by atoms with Gasteiger partial charge in [-0.25, -0.2) is 0 Å². The zero-order chi connectivity index (χ0) is 11.5. The van der Waals surface area contributed by atoms with Crippen LogP contribution in [0, 0.1) is 0 Å². The topological polar surface area (TPSA) is 21.3 Å². The van der Waals surface area contributed by atoms with Crippen LogP contribution in [0.5, 0.6) is 0 Å². The molecule has 90 valence electrons. The van der Waals surface area contributed by atoms with Crippen LogP contribution < -0.4 is 5.32 Å². The Kier molecular flexibility index (Phi) is 9.96. The van der Waals surface area contributed by atoms with Crippen LogP contribution in [0.25, 0.3) is 0 Å². The fourth-order valence-corrected chi connectivity index (χ4v) is 1.88. The Balaban J connectivity index is 4.15. The maximum absolute atomic E-state index is 5.80. The van der Waals surface area contributed by atoms with Crippen LogP contribution >= 0.6 is 0 Å². The Morgan fingerprint density at radius 2 is 2.00 bits per heavy atom. The quantitative estimate of drug-likeness (QED) is 0.563. The molecule has 0 heterocycles. The van der Waals surface area contributed by atoms with E-state index in [0.717, 1.165) is 32.4 Å². The van der Waals surface area contributed by atoms with E-state index < -0.39 is 0 Å². The van der Waals surface area contributed by atoms with E-state index in [1.165, 1.54) is 6.42 Å². The lowest BCUT2D eigenvalue weighted by molar-refractivity contribution is 0.0266. The van der Waals surface area contributed by atoms with Crippen molar-refractivity contribution in [3.05, 3.63) is 12.7 Å². The van der Waals surface area contributed by atoms with Gasteiger partial charge in [-0.05, 0) is 32.7 Å². The number of allylic oxidation sites excluding steroid dienone is 1. The van der Waals surface area contributed by atoms with Crippen molar-refractivity contribution in [3.8, 4) is 0 Å². The first-order valence-electron chi connectivity index (χ1n) is 6.25. The van der Waals surface area contributed by atoms with Gasteiger partial charge in [-0.1, -0.05) is 26.3 Å². The van der Waals surface area contributed by atoms with Crippen molar-refractivity contribution in [2.24, 2.45) is 0 Å². The molecule has 2 nitrogen and oxygen atoms in total. The van der Waals surface area contributed by atoms with Gasteiger partial charge in [-0.15, -0.1) is 6.58 Å². The van der Waals surface area contributed by atoms with Gasteiger partial charge in [0.15, 0.2) is 0 Å². The first-order valence-corrected chi connectivity index (χ1v) is 6.25. The van der Waals surface area contributed by atoms with Crippen LogP contribution in [0.4, 0.5) is 0 Å². The third-order valence-corrected chi connectivity index (χ3v) is 2.55. The average molecular weight is 213 g/mol. The second kappa shape index (κ2) is 10.2. The van der Waals surface area contributed by atoms with E-state index >= 15 is 0 Å². The van der Waals surface area contributed by atoms with Gasteiger partial charge >= 0.3 is 0 Å². The summed E-state index contributed by atoms with van der Waals surface area (Å²) in [7, 11) is 0. The highest BCUT2D eigenvalue weighted by atomic mass is 16.5. The van der Waals surface area contributed by atoms with Crippen LogP contribution in [0.2, 0.25) is 0 Å². The molecule has 0 saturated heterocycles. The molecule has 2 unspecified atom stereocenters. The van der Waals surface area contributed by atoms with Crippen molar-refractivity contribution >= 4 is 0 Å². The largest absolute Gasteiger partial charge is 0.377 e. The molecule has 0 bridgehead atoms. The lowest BCUT2D eigenvalue weighted by atomic mass is 10.0. The SMILES string of the molecule is C=CCCC(NCC)C(CCC)OCC. The van der Waals surface area contributed by atoms with E-state index in [0.29, 0.717) is 12.1 Å². The molecule has 0 radical (unpaired) electrons. The molecule has 1 N–H and O–H groups in total. The van der Waals surface area contributed by atoms with E-state index in [1.54, 1.807) is 0 Å². The molecule has 2 heteroatoms. The van der Waals surface area contributed by atoms with E-state index in [-0.39, 0.29) is 0 Å². The monoisotopic (exact) mass is 213 g/mol. The molecule has 0 aliphatic heterocycles. The first kappa shape index (κ1) is 14.7. The van der Waals surface area contributed by atoms with Crippen LogP contribution in [0.3, 0.4) is 0 Å². The molecule has 0 rings (SSSR count). The molecule has 0 fully saturated rings. The molecule has 0 aromatic carbocycles. The van der Waals surface area contributed by atoms with Gasteiger partial charge in [-0.3, -0.25) is 0 Å². The van der Waals surface area contributed by atoms with Gasteiger partial charge in [0.1, 0.15) is 0 Å². The maximum Gasteiger partial charge on any atom is 0.0727 e. The minimum atomic E-state index is 0.361. The lowest BCUT2D eigenvalue weighted by Gasteiger charge is -2.27. The van der Waals surface area contributed by atoms with Gasteiger partial charge in [0, 0.05) is 12.6 Å². The Hall–Kier alpha value is -0.340. The Bertz CT molecular complexity index is 141. The maximum atomic E-state index is 5.80. The zero-order valence-electron chi connectivity index (χ0n) is 10.6. The highest BCUT2D eigenvalue weighted by Crippen LogP contribution is 2.12. The molecule has 0 aromatic heterocycles. The predicted octanol–water partition coefficient (Wildman–Crippen LogP) is 3.14. The average Bonchev–Trinajstić information content (AvgIpc) is 2.24. The summed E-state index contributed by atoms with van der Waals surface area (Å²) in [6.45, 7) is 12.0. The molecule has 2 atom stereocenters. The molecule has 15 heavy (non-hydrogen) atoms. The fraction of sp³-hybridized carbons (Fsp3) is 0.846. The molecular weight excluding hydrogens is 186 g/mol. The lowest BCUT2D eigenvalue weighted by Crippen LogP contribution is -2.41. The van der Waals surface area contributed by atoms with Crippen molar-refractivity contribution in [2.75, 3.05) is 13.2 Å². The van der Waals surface area contributed by atoms with Crippen molar-refractivity contribution < 1.29 is 4.74 Å². The number of hydrogen-bond acceptors (Lipinski definition) is 2. The van der Waals surface area contributed by atoms with Gasteiger partial charge < -0.3 is 10.1 Å². The second-order valence-electron chi connectivity index (χ2n) is 3.81. The third kappa shape index (κ3) is 6.69. The number of ether oxygens (including phenoxy) is 1. The minimum Gasteiger partial charge on any atom is -0.377 e. The van der Waals surface area contributed by atoms with Crippen LogP contribution in [-0.4, -0.2) is 25.3 Å².